The van der Waals surface area contributed by atoms with Crippen molar-refractivity contribution in [3.8, 4) is 5.69 Å². The number of anilines is 1. The van der Waals surface area contributed by atoms with Crippen molar-refractivity contribution in [1.82, 2.24) is 30.0 Å². The molecule has 4 aromatic rings. The van der Waals surface area contributed by atoms with Gasteiger partial charge in [0.1, 0.15) is 12.9 Å². The van der Waals surface area contributed by atoms with Gasteiger partial charge in [0.15, 0.2) is 5.69 Å². The first-order valence-electron chi connectivity index (χ1n) is 8.46. The third-order valence-electron chi connectivity index (χ3n) is 4.16. The number of nitrogens with one attached hydrogen (secondary N) is 1. The van der Waals surface area contributed by atoms with Crippen molar-refractivity contribution >= 4 is 28.3 Å². The maximum Gasteiger partial charge on any atom is 0.275 e. The quantitative estimate of drug-likeness (QED) is 0.491. The zero-order valence-corrected chi connectivity index (χ0v) is 14.9. The Morgan fingerprint density at radius 1 is 1.03 bits per heavy atom. The van der Waals surface area contributed by atoms with Gasteiger partial charge in [-0.25, -0.2) is 9.36 Å². The lowest BCUT2D eigenvalue weighted by molar-refractivity contribution is -0.117. The van der Waals surface area contributed by atoms with Gasteiger partial charge in [0, 0.05) is 11.1 Å². The van der Waals surface area contributed by atoms with Crippen LogP contribution in [0.3, 0.4) is 0 Å². The zero-order valence-electron chi connectivity index (χ0n) is 14.9. The van der Waals surface area contributed by atoms with E-state index in [0.29, 0.717) is 16.8 Å². The largest absolute Gasteiger partial charge is 0.364 e. The average molecular weight is 390 g/mol. The van der Waals surface area contributed by atoms with Gasteiger partial charge in [0.05, 0.1) is 11.1 Å². The summed E-state index contributed by atoms with van der Waals surface area (Å²) in [6.45, 7) is -0.376. The van der Waals surface area contributed by atoms with Crippen LogP contribution < -0.4 is 16.6 Å². The molecule has 0 spiro atoms. The smallest absolute Gasteiger partial charge is 0.275 e. The van der Waals surface area contributed by atoms with Crippen molar-refractivity contribution in [3.05, 3.63) is 70.9 Å². The van der Waals surface area contributed by atoms with E-state index in [1.807, 2.05) is 0 Å². The monoisotopic (exact) mass is 390 g/mol. The van der Waals surface area contributed by atoms with Crippen LogP contribution in [-0.4, -0.2) is 41.8 Å². The molecule has 144 valence electrons. The normalized spacial score (nSPS) is 10.8. The van der Waals surface area contributed by atoms with Crippen molar-refractivity contribution in [1.29, 1.82) is 0 Å². The van der Waals surface area contributed by atoms with Crippen molar-refractivity contribution in [2.75, 3.05) is 5.32 Å². The fraction of sp³-hybridized carbons (Fsp3) is 0.0556. The Bertz CT molecular complexity index is 1260. The third-order valence-corrected chi connectivity index (χ3v) is 4.16. The molecule has 2 aromatic heterocycles. The van der Waals surface area contributed by atoms with E-state index in [1.165, 1.54) is 11.0 Å². The van der Waals surface area contributed by atoms with Gasteiger partial charge in [0.2, 0.25) is 5.91 Å². The summed E-state index contributed by atoms with van der Waals surface area (Å²) in [5, 5.41) is 18.1. The van der Waals surface area contributed by atoms with Crippen LogP contribution in [0.2, 0.25) is 0 Å². The molecule has 0 radical (unpaired) electrons. The van der Waals surface area contributed by atoms with Crippen LogP contribution in [0.15, 0.2) is 59.7 Å². The molecule has 0 aliphatic rings. The van der Waals surface area contributed by atoms with Gasteiger partial charge >= 0.3 is 0 Å². The molecule has 0 unspecified atom stereocenters. The lowest BCUT2D eigenvalue weighted by Gasteiger charge is -2.10. The molecule has 2 aromatic carbocycles. The van der Waals surface area contributed by atoms with E-state index >= 15 is 0 Å². The van der Waals surface area contributed by atoms with Gasteiger partial charge < -0.3 is 11.1 Å². The molecule has 11 heteroatoms. The number of hydrogen-bond acceptors (Lipinski definition) is 7. The number of hydrogen-bond donors (Lipinski definition) is 2. The molecule has 0 bridgehead atoms. The van der Waals surface area contributed by atoms with Gasteiger partial charge in [-0.05, 0) is 40.8 Å². The summed E-state index contributed by atoms with van der Waals surface area (Å²) in [4.78, 5) is 36.7. The van der Waals surface area contributed by atoms with Crippen LogP contribution in [0.25, 0.3) is 16.5 Å². The van der Waals surface area contributed by atoms with E-state index in [4.69, 9.17) is 5.73 Å². The van der Waals surface area contributed by atoms with Crippen molar-refractivity contribution in [2.24, 2.45) is 5.73 Å². The van der Waals surface area contributed by atoms with Gasteiger partial charge in [-0.15, -0.1) is 5.10 Å². The van der Waals surface area contributed by atoms with E-state index in [2.05, 4.69) is 25.9 Å². The molecule has 3 N–H and O–H groups in total. The van der Waals surface area contributed by atoms with Gasteiger partial charge in [-0.1, -0.05) is 18.2 Å². The Labute approximate surface area is 162 Å². The predicted octanol–water partition coefficient (Wildman–Crippen LogP) is 0.110. The first kappa shape index (κ1) is 18.0. The second kappa shape index (κ2) is 7.31. The maximum absolute atomic E-state index is 12.6. The third kappa shape index (κ3) is 3.56. The standard InChI is InChI=1S/C18H14N8O3/c19-17(28)16-13-3-1-2-4-14(13)18(29)25(22-16)9-15(27)21-11-5-7-12(8-6-11)26-10-20-23-24-26/h1-8,10H,9H2,(H2,19,28)(H,21,27). The Morgan fingerprint density at radius 2 is 1.76 bits per heavy atom. The van der Waals surface area contributed by atoms with Gasteiger partial charge in [-0.2, -0.15) is 5.10 Å². The lowest BCUT2D eigenvalue weighted by Crippen LogP contribution is -2.32. The average Bonchev–Trinajstić information content (AvgIpc) is 3.25. The number of benzene rings is 2. The minimum absolute atomic E-state index is 0.0706. The summed E-state index contributed by atoms with van der Waals surface area (Å²) in [5.41, 5.74) is 6.04. The lowest BCUT2D eigenvalue weighted by atomic mass is 10.1. The molecule has 0 saturated heterocycles. The molecule has 0 aliphatic carbocycles. The fourth-order valence-electron chi connectivity index (χ4n) is 2.84. The number of rotatable bonds is 5. The second-order valence-electron chi connectivity index (χ2n) is 6.07. The van der Waals surface area contributed by atoms with Crippen LogP contribution in [0.1, 0.15) is 10.5 Å². The Kier molecular flexibility index (Phi) is 4.53. The van der Waals surface area contributed by atoms with Gasteiger partial charge in [-0.3, -0.25) is 14.4 Å². The molecule has 2 heterocycles. The van der Waals surface area contributed by atoms with Crippen LogP contribution in [-0.2, 0) is 11.3 Å². The highest BCUT2D eigenvalue weighted by atomic mass is 16.2. The molecule has 2 amide bonds. The van der Waals surface area contributed by atoms with Gasteiger partial charge in [0.25, 0.3) is 11.5 Å². The first-order chi connectivity index (χ1) is 14.0. The minimum Gasteiger partial charge on any atom is -0.364 e. The summed E-state index contributed by atoms with van der Waals surface area (Å²) in [7, 11) is 0. The molecule has 4 rings (SSSR count). The number of amides is 2. The second-order valence-corrected chi connectivity index (χ2v) is 6.07. The summed E-state index contributed by atoms with van der Waals surface area (Å²) in [6.07, 6.45) is 1.45. The first-order valence-corrected chi connectivity index (χ1v) is 8.46. The van der Waals surface area contributed by atoms with Crippen molar-refractivity contribution < 1.29 is 9.59 Å². The Balaban J connectivity index is 1.57. The molecular formula is C18H14N8O3. The number of tetrazole rings is 1. The molecule has 11 nitrogen and oxygen atoms in total. The number of carbonyl (C=O) groups is 2. The summed E-state index contributed by atoms with van der Waals surface area (Å²) < 4.78 is 2.39. The van der Waals surface area contributed by atoms with E-state index in [0.717, 1.165) is 4.68 Å². The number of nitrogens with two attached hydrogens (primary N) is 1. The van der Waals surface area contributed by atoms with Crippen LogP contribution >= 0.6 is 0 Å². The predicted molar refractivity (Wildman–Crippen MR) is 102 cm³/mol. The zero-order chi connectivity index (χ0) is 20.4. The highest BCUT2D eigenvalue weighted by Gasteiger charge is 2.16. The molecule has 0 saturated carbocycles. The molecule has 29 heavy (non-hydrogen) atoms. The number of primary amides is 1. The molecule has 0 aliphatic heterocycles. The summed E-state index contributed by atoms with van der Waals surface area (Å²) in [6, 6.07) is 13.2. The summed E-state index contributed by atoms with van der Waals surface area (Å²) >= 11 is 0. The minimum atomic E-state index is -0.784. The van der Waals surface area contributed by atoms with Crippen molar-refractivity contribution in [3.63, 3.8) is 0 Å². The van der Waals surface area contributed by atoms with Crippen LogP contribution in [0.4, 0.5) is 5.69 Å². The van der Waals surface area contributed by atoms with E-state index in [9.17, 15) is 14.4 Å². The highest BCUT2D eigenvalue weighted by Crippen LogP contribution is 2.14. The van der Waals surface area contributed by atoms with Crippen molar-refractivity contribution in [2.45, 2.75) is 6.54 Å². The Morgan fingerprint density at radius 3 is 2.41 bits per heavy atom. The topological polar surface area (TPSA) is 151 Å². The number of fused-ring (bicyclic) bond motifs is 1. The Hall–Kier alpha value is -4.41. The van der Waals surface area contributed by atoms with E-state index < -0.39 is 17.4 Å². The molecule has 0 atom stereocenters. The fourth-order valence-corrected chi connectivity index (χ4v) is 2.84. The number of nitrogens with zero attached hydrogens (tertiary/aromatic N) is 6. The van der Waals surface area contributed by atoms with E-state index in [-0.39, 0.29) is 17.6 Å². The van der Waals surface area contributed by atoms with E-state index in [1.54, 1.807) is 48.5 Å². The SMILES string of the molecule is NC(=O)c1nn(CC(=O)Nc2ccc(-n3cnnn3)cc2)c(=O)c2ccccc12. The van der Waals surface area contributed by atoms with Crippen LogP contribution in [0, 0.1) is 0 Å². The molecule has 0 fully saturated rings. The highest BCUT2D eigenvalue weighted by molar-refractivity contribution is 6.04. The summed E-state index contributed by atoms with van der Waals surface area (Å²) in [5.74, 6) is -1.27. The number of carbonyl (C=O) groups excluding carboxylic acids is 2. The number of aromatic nitrogens is 6. The molecular weight excluding hydrogens is 376 g/mol. The van der Waals surface area contributed by atoms with Crippen LogP contribution in [0.5, 0.6) is 0 Å². The maximum atomic E-state index is 12.6.